The Hall–Kier alpha value is -1.97. The van der Waals surface area contributed by atoms with Crippen LogP contribution in [0.2, 0.25) is 0 Å². The Morgan fingerprint density at radius 1 is 1.53 bits per heavy atom. The van der Waals surface area contributed by atoms with E-state index < -0.39 is 0 Å². The molecule has 0 saturated carbocycles. The van der Waals surface area contributed by atoms with E-state index in [2.05, 4.69) is 29.3 Å². The summed E-state index contributed by atoms with van der Waals surface area (Å²) in [7, 11) is 0. The molecule has 1 aliphatic rings. The second-order valence-electron chi connectivity index (χ2n) is 4.62. The maximum atomic E-state index is 12.0. The third kappa shape index (κ3) is 3.74. The summed E-state index contributed by atoms with van der Waals surface area (Å²) in [6.45, 7) is 5.41. The molecule has 1 unspecified atom stereocenters. The van der Waals surface area contributed by atoms with E-state index in [9.17, 15) is 4.79 Å². The van der Waals surface area contributed by atoms with Crippen LogP contribution in [0.15, 0.2) is 37.1 Å². The molecule has 1 aromatic rings. The third-order valence-corrected chi connectivity index (χ3v) is 3.25. The number of hydrogen-bond donors (Lipinski definition) is 2. The monoisotopic (exact) mass is 260 g/mol. The van der Waals surface area contributed by atoms with Gasteiger partial charge in [0.05, 0.1) is 18.8 Å². The number of fused-ring (bicyclic) bond motifs is 1. The molecular formula is C15H20N2O2. The maximum absolute atomic E-state index is 12.0. The lowest BCUT2D eigenvalue weighted by Crippen LogP contribution is -2.38. The zero-order valence-corrected chi connectivity index (χ0v) is 11.0. The minimum atomic E-state index is 0.00947. The van der Waals surface area contributed by atoms with Crippen LogP contribution in [0.4, 0.5) is 5.69 Å². The van der Waals surface area contributed by atoms with E-state index in [0.29, 0.717) is 19.7 Å². The van der Waals surface area contributed by atoms with Gasteiger partial charge in [0.25, 0.3) is 0 Å². The molecule has 0 bridgehead atoms. The van der Waals surface area contributed by atoms with Crippen LogP contribution in [-0.2, 0) is 16.0 Å². The Bertz CT molecular complexity index is 446. The molecule has 1 aliphatic heterocycles. The highest BCUT2D eigenvalue weighted by Gasteiger charge is 2.23. The molecule has 0 radical (unpaired) electrons. The molecule has 4 nitrogen and oxygen atoms in total. The Labute approximate surface area is 113 Å². The van der Waals surface area contributed by atoms with Gasteiger partial charge >= 0.3 is 0 Å². The maximum Gasteiger partial charge on any atom is 0.225 e. The highest BCUT2D eigenvalue weighted by atomic mass is 16.5. The van der Waals surface area contributed by atoms with Gasteiger partial charge in [-0.3, -0.25) is 4.79 Å². The van der Waals surface area contributed by atoms with Crippen LogP contribution in [0, 0.1) is 5.92 Å². The van der Waals surface area contributed by atoms with Crippen molar-refractivity contribution in [2.75, 3.05) is 25.0 Å². The molecule has 0 aliphatic carbocycles. The lowest BCUT2D eigenvalue weighted by molar-refractivity contribution is -0.124. The standard InChI is InChI=1S/C15H20N2O2/c1-2-19-9-5-8-16-15(18)13-10-12-6-3-4-7-14(12)17-11-13/h2-4,6-7,13,17H,1,5,8-11H2,(H,16,18). The van der Waals surface area contributed by atoms with Crippen LogP contribution in [-0.4, -0.2) is 25.6 Å². The van der Waals surface area contributed by atoms with Gasteiger partial charge in [0.1, 0.15) is 0 Å². The van der Waals surface area contributed by atoms with Crippen LogP contribution in [0.1, 0.15) is 12.0 Å². The topological polar surface area (TPSA) is 50.4 Å². The fourth-order valence-electron chi connectivity index (χ4n) is 2.22. The summed E-state index contributed by atoms with van der Waals surface area (Å²) in [6, 6.07) is 8.13. The number of carbonyl (C=O) groups excluding carboxylic acids is 1. The summed E-state index contributed by atoms with van der Waals surface area (Å²) in [6.07, 6.45) is 3.02. The van der Waals surface area contributed by atoms with Gasteiger partial charge < -0.3 is 15.4 Å². The molecule has 1 aromatic carbocycles. The van der Waals surface area contributed by atoms with Crippen molar-refractivity contribution < 1.29 is 9.53 Å². The third-order valence-electron chi connectivity index (χ3n) is 3.25. The molecule has 0 spiro atoms. The fourth-order valence-corrected chi connectivity index (χ4v) is 2.22. The summed E-state index contributed by atoms with van der Waals surface area (Å²) in [5.74, 6) is 0.121. The largest absolute Gasteiger partial charge is 0.502 e. The minimum absolute atomic E-state index is 0.00947. The molecule has 1 amide bonds. The first-order valence-electron chi connectivity index (χ1n) is 6.63. The number of anilines is 1. The fraction of sp³-hybridized carbons (Fsp3) is 0.400. The molecule has 1 atom stereocenters. The number of ether oxygens (including phenoxy) is 1. The van der Waals surface area contributed by atoms with Crippen LogP contribution >= 0.6 is 0 Å². The van der Waals surface area contributed by atoms with Crippen molar-refractivity contribution in [1.82, 2.24) is 5.32 Å². The van der Waals surface area contributed by atoms with Crippen LogP contribution in [0.3, 0.4) is 0 Å². The first kappa shape index (κ1) is 13.5. The first-order valence-corrected chi connectivity index (χ1v) is 6.63. The van der Waals surface area contributed by atoms with Crippen LogP contribution in [0.5, 0.6) is 0 Å². The van der Waals surface area contributed by atoms with Crippen molar-refractivity contribution in [3.05, 3.63) is 42.7 Å². The van der Waals surface area contributed by atoms with E-state index in [-0.39, 0.29) is 11.8 Å². The van der Waals surface area contributed by atoms with Gasteiger partial charge in [-0.25, -0.2) is 0 Å². The molecule has 2 rings (SSSR count). The average Bonchev–Trinajstić information content (AvgIpc) is 2.46. The molecule has 102 valence electrons. The lowest BCUT2D eigenvalue weighted by atomic mass is 9.93. The summed E-state index contributed by atoms with van der Waals surface area (Å²) in [5, 5.41) is 6.25. The average molecular weight is 260 g/mol. The van der Waals surface area contributed by atoms with Crippen molar-refractivity contribution in [1.29, 1.82) is 0 Å². The number of carbonyl (C=O) groups is 1. The molecule has 4 heteroatoms. The number of benzene rings is 1. The number of amides is 1. The molecule has 0 saturated heterocycles. The summed E-state index contributed by atoms with van der Waals surface area (Å²) >= 11 is 0. The van der Waals surface area contributed by atoms with Crippen molar-refractivity contribution in [3.8, 4) is 0 Å². The lowest BCUT2D eigenvalue weighted by Gasteiger charge is -2.25. The summed E-state index contributed by atoms with van der Waals surface area (Å²) in [4.78, 5) is 12.0. The number of nitrogens with one attached hydrogen (secondary N) is 2. The quantitative estimate of drug-likeness (QED) is 0.607. The van der Waals surface area contributed by atoms with Crippen molar-refractivity contribution in [2.24, 2.45) is 5.92 Å². The van der Waals surface area contributed by atoms with Crippen molar-refractivity contribution in [3.63, 3.8) is 0 Å². The zero-order valence-electron chi connectivity index (χ0n) is 11.0. The van der Waals surface area contributed by atoms with Gasteiger partial charge in [-0.1, -0.05) is 24.8 Å². The Balaban J connectivity index is 1.77. The van der Waals surface area contributed by atoms with Crippen LogP contribution in [0.25, 0.3) is 0 Å². The molecule has 19 heavy (non-hydrogen) atoms. The number of para-hydroxylation sites is 1. The van der Waals surface area contributed by atoms with Gasteiger partial charge in [-0.05, 0) is 24.5 Å². The van der Waals surface area contributed by atoms with Gasteiger partial charge in [0.2, 0.25) is 5.91 Å². The van der Waals surface area contributed by atoms with Crippen molar-refractivity contribution >= 4 is 11.6 Å². The predicted octanol–water partition coefficient (Wildman–Crippen LogP) is 1.94. The van der Waals surface area contributed by atoms with Gasteiger partial charge in [0.15, 0.2) is 0 Å². The second kappa shape index (κ2) is 6.83. The number of rotatable bonds is 6. The van der Waals surface area contributed by atoms with Crippen LogP contribution < -0.4 is 10.6 Å². The Kier molecular flexibility index (Phi) is 4.84. The predicted molar refractivity (Wildman–Crippen MR) is 75.9 cm³/mol. The van der Waals surface area contributed by atoms with Crippen molar-refractivity contribution in [2.45, 2.75) is 12.8 Å². The van der Waals surface area contributed by atoms with E-state index in [1.807, 2.05) is 12.1 Å². The first-order chi connectivity index (χ1) is 9.31. The highest BCUT2D eigenvalue weighted by Crippen LogP contribution is 2.24. The van der Waals surface area contributed by atoms with E-state index >= 15 is 0 Å². The smallest absolute Gasteiger partial charge is 0.225 e. The molecular weight excluding hydrogens is 240 g/mol. The number of hydrogen-bond acceptors (Lipinski definition) is 3. The molecule has 2 N–H and O–H groups in total. The molecule has 0 aromatic heterocycles. The van der Waals surface area contributed by atoms with Gasteiger partial charge in [-0.15, -0.1) is 0 Å². The van der Waals surface area contributed by atoms with E-state index in [0.717, 1.165) is 18.5 Å². The zero-order chi connectivity index (χ0) is 13.5. The Morgan fingerprint density at radius 2 is 2.37 bits per heavy atom. The van der Waals surface area contributed by atoms with E-state index in [1.54, 1.807) is 0 Å². The normalized spacial score (nSPS) is 16.9. The highest BCUT2D eigenvalue weighted by molar-refractivity contribution is 5.80. The SMILES string of the molecule is C=COCCCNC(=O)C1CNc2ccccc2C1. The summed E-state index contributed by atoms with van der Waals surface area (Å²) in [5.41, 5.74) is 2.36. The molecule has 0 fully saturated rings. The van der Waals surface area contributed by atoms with E-state index in [4.69, 9.17) is 4.74 Å². The molecule has 1 heterocycles. The van der Waals surface area contributed by atoms with Gasteiger partial charge in [0, 0.05) is 18.8 Å². The summed E-state index contributed by atoms with van der Waals surface area (Å²) < 4.78 is 5.01. The minimum Gasteiger partial charge on any atom is -0.502 e. The van der Waals surface area contributed by atoms with Gasteiger partial charge in [-0.2, -0.15) is 0 Å². The Morgan fingerprint density at radius 3 is 3.21 bits per heavy atom. The second-order valence-corrected chi connectivity index (χ2v) is 4.62. The van der Waals surface area contributed by atoms with E-state index in [1.165, 1.54) is 11.8 Å².